The van der Waals surface area contributed by atoms with Gasteiger partial charge < -0.3 is 14.2 Å². The lowest BCUT2D eigenvalue weighted by Crippen LogP contribution is -2.56. The third kappa shape index (κ3) is 3.10. The fourth-order valence-corrected chi connectivity index (χ4v) is 8.24. The zero-order chi connectivity index (χ0) is 22.7. The molecule has 1 aliphatic carbocycles. The van der Waals surface area contributed by atoms with Gasteiger partial charge in [0.15, 0.2) is 27.7 Å². The fourth-order valence-electron chi connectivity index (χ4n) is 5.71. The highest BCUT2D eigenvalue weighted by Gasteiger charge is 2.64. The molecule has 32 heavy (non-hydrogen) atoms. The molecule has 5 rings (SSSR count). The molecule has 2 aliphatic heterocycles. The maximum Gasteiger partial charge on any atom is 0.188 e. The number of benzene rings is 2. The van der Waals surface area contributed by atoms with Crippen molar-refractivity contribution in [2.45, 2.75) is 48.2 Å². The van der Waals surface area contributed by atoms with Gasteiger partial charge in [-0.25, -0.2) is 17.2 Å². The number of rotatable bonds is 4. The summed E-state index contributed by atoms with van der Waals surface area (Å²) < 4.78 is 74.1. The average molecular weight is 485 g/mol. The third-order valence-corrected chi connectivity index (χ3v) is 9.84. The summed E-state index contributed by atoms with van der Waals surface area (Å²) in [5, 5.41) is 0.384. The van der Waals surface area contributed by atoms with Gasteiger partial charge in [0.05, 0.1) is 23.2 Å². The van der Waals surface area contributed by atoms with Crippen LogP contribution < -0.4 is 4.74 Å². The van der Waals surface area contributed by atoms with Gasteiger partial charge in [0.25, 0.3) is 0 Å². The zero-order valence-corrected chi connectivity index (χ0v) is 19.0. The van der Waals surface area contributed by atoms with Crippen molar-refractivity contribution in [3.63, 3.8) is 0 Å². The lowest BCUT2D eigenvalue weighted by atomic mass is 9.66. The molecular formula is C23H23ClF2O5S. The quantitative estimate of drug-likeness (QED) is 0.620. The Hall–Kier alpha value is -1.74. The molecule has 0 aromatic heterocycles. The molecule has 3 aliphatic rings. The highest BCUT2D eigenvalue weighted by Crippen LogP contribution is 2.60. The Morgan fingerprint density at radius 2 is 1.88 bits per heavy atom. The molecule has 5 atom stereocenters. The zero-order valence-electron chi connectivity index (χ0n) is 17.4. The molecule has 1 saturated carbocycles. The number of hydrogen-bond donors (Lipinski definition) is 0. The van der Waals surface area contributed by atoms with E-state index >= 15 is 4.39 Å². The van der Waals surface area contributed by atoms with Gasteiger partial charge in [-0.2, -0.15) is 0 Å². The van der Waals surface area contributed by atoms with Crippen molar-refractivity contribution >= 4 is 21.4 Å². The standard InChI is InChI=1S/C23H23ClF2O5S/c1-2-29-20-11-15-16-12-30-22-18(26)8-7-17(25)21(22)23(16,10-9-19(15)31-20)32(27,28)14-5-3-13(24)4-6-14/h3-8,15-16,19-20H,2,9-12H2,1H3/t15-,16+,19+,20-,23+/m1/s1. The Bertz CT molecular complexity index is 1140. The Labute approximate surface area is 190 Å². The van der Waals surface area contributed by atoms with E-state index in [1.165, 1.54) is 24.3 Å². The first-order chi connectivity index (χ1) is 15.3. The second-order valence-corrected chi connectivity index (χ2v) is 11.1. The van der Waals surface area contributed by atoms with E-state index in [9.17, 15) is 12.8 Å². The second kappa shape index (κ2) is 7.94. The summed E-state index contributed by atoms with van der Waals surface area (Å²) in [6.45, 7) is 2.27. The molecule has 1 saturated heterocycles. The van der Waals surface area contributed by atoms with Crippen molar-refractivity contribution in [1.82, 2.24) is 0 Å². The third-order valence-electron chi connectivity index (χ3n) is 7.03. The van der Waals surface area contributed by atoms with Gasteiger partial charge in [0.2, 0.25) is 0 Å². The lowest BCUT2D eigenvalue weighted by Gasteiger charge is -2.50. The fraction of sp³-hybridized carbons (Fsp3) is 0.478. The van der Waals surface area contributed by atoms with Gasteiger partial charge in [-0.1, -0.05) is 11.6 Å². The van der Waals surface area contributed by atoms with E-state index < -0.39 is 38.4 Å². The monoisotopic (exact) mass is 484 g/mol. The van der Waals surface area contributed by atoms with Crippen LogP contribution in [-0.4, -0.2) is 34.0 Å². The van der Waals surface area contributed by atoms with E-state index in [0.29, 0.717) is 24.5 Å². The molecule has 9 heteroatoms. The summed E-state index contributed by atoms with van der Waals surface area (Å²) in [6, 6.07) is 7.73. The molecule has 0 bridgehead atoms. The Morgan fingerprint density at radius 3 is 2.59 bits per heavy atom. The minimum Gasteiger partial charge on any atom is -0.490 e. The smallest absolute Gasteiger partial charge is 0.188 e. The van der Waals surface area contributed by atoms with Crippen molar-refractivity contribution in [2.75, 3.05) is 13.2 Å². The van der Waals surface area contributed by atoms with Crippen LogP contribution >= 0.6 is 11.6 Å². The van der Waals surface area contributed by atoms with E-state index in [0.717, 1.165) is 12.1 Å². The van der Waals surface area contributed by atoms with Gasteiger partial charge in [0, 0.05) is 24.0 Å². The highest BCUT2D eigenvalue weighted by molar-refractivity contribution is 7.92. The minimum atomic E-state index is -4.16. The molecule has 2 aromatic rings. The summed E-state index contributed by atoms with van der Waals surface area (Å²) in [7, 11) is -4.16. The normalized spacial score (nSPS) is 31.4. The van der Waals surface area contributed by atoms with E-state index in [2.05, 4.69) is 0 Å². The van der Waals surface area contributed by atoms with Crippen LogP contribution in [0.4, 0.5) is 8.78 Å². The largest absolute Gasteiger partial charge is 0.490 e. The molecule has 2 fully saturated rings. The van der Waals surface area contributed by atoms with Crippen LogP contribution in [0.2, 0.25) is 5.02 Å². The maximum atomic E-state index is 15.3. The highest BCUT2D eigenvalue weighted by atomic mass is 35.5. The number of hydrogen-bond acceptors (Lipinski definition) is 5. The molecule has 0 N–H and O–H groups in total. The van der Waals surface area contributed by atoms with Crippen LogP contribution in [-0.2, 0) is 24.1 Å². The summed E-state index contributed by atoms with van der Waals surface area (Å²) in [5.74, 6) is -2.75. The molecule has 0 radical (unpaired) electrons. The van der Waals surface area contributed by atoms with Gasteiger partial charge in [-0.05, 0) is 62.1 Å². The molecule has 0 amide bonds. The van der Waals surface area contributed by atoms with Crippen molar-refractivity contribution in [3.05, 3.63) is 58.6 Å². The van der Waals surface area contributed by atoms with Crippen molar-refractivity contribution < 1.29 is 31.4 Å². The van der Waals surface area contributed by atoms with Crippen molar-refractivity contribution in [2.24, 2.45) is 11.8 Å². The van der Waals surface area contributed by atoms with Gasteiger partial charge in [-0.3, -0.25) is 0 Å². The van der Waals surface area contributed by atoms with Crippen LogP contribution in [0.15, 0.2) is 41.3 Å². The van der Waals surface area contributed by atoms with Crippen LogP contribution in [0, 0.1) is 23.5 Å². The van der Waals surface area contributed by atoms with Crippen molar-refractivity contribution in [3.8, 4) is 5.75 Å². The Morgan fingerprint density at radius 1 is 1.16 bits per heavy atom. The topological polar surface area (TPSA) is 61.8 Å². The Kier molecular flexibility index (Phi) is 5.47. The molecule has 5 nitrogen and oxygen atoms in total. The molecule has 0 spiro atoms. The first-order valence-electron chi connectivity index (χ1n) is 10.7. The van der Waals surface area contributed by atoms with Gasteiger partial charge in [-0.15, -0.1) is 0 Å². The minimum absolute atomic E-state index is 0.0159. The van der Waals surface area contributed by atoms with Crippen LogP contribution in [0.5, 0.6) is 5.75 Å². The first-order valence-corrected chi connectivity index (χ1v) is 12.5. The number of halogens is 3. The van der Waals surface area contributed by atoms with Crippen LogP contribution in [0.3, 0.4) is 0 Å². The van der Waals surface area contributed by atoms with Crippen molar-refractivity contribution in [1.29, 1.82) is 0 Å². The van der Waals surface area contributed by atoms with E-state index in [1.807, 2.05) is 6.92 Å². The molecule has 2 heterocycles. The summed E-state index contributed by atoms with van der Waals surface area (Å²) in [6.07, 6.45) is 0.248. The summed E-state index contributed by atoms with van der Waals surface area (Å²) in [4.78, 5) is 0.0159. The second-order valence-electron chi connectivity index (χ2n) is 8.50. The Balaban J connectivity index is 1.72. The SMILES string of the molecule is CCO[C@H]1C[C@H]2[C@H](CC[C@@]3(S(=O)(=O)c4ccc(Cl)cc4)c4c(F)ccc(F)c4OC[C@@H]23)O1. The first kappa shape index (κ1) is 22.1. The summed E-state index contributed by atoms with van der Waals surface area (Å²) >= 11 is 5.97. The van der Waals surface area contributed by atoms with E-state index in [1.54, 1.807) is 0 Å². The number of fused-ring (bicyclic) bond motifs is 5. The molecular weight excluding hydrogens is 462 g/mol. The van der Waals surface area contributed by atoms with E-state index in [4.69, 9.17) is 25.8 Å². The van der Waals surface area contributed by atoms with E-state index in [-0.39, 0.29) is 41.3 Å². The van der Waals surface area contributed by atoms with Crippen LogP contribution in [0.1, 0.15) is 31.7 Å². The number of ether oxygens (including phenoxy) is 3. The average Bonchev–Trinajstić information content (AvgIpc) is 3.19. The lowest BCUT2D eigenvalue weighted by molar-refractivity contribution is -0.136. The predicted molar refractivity (Wildman–Crippen MR) is 113 cm³/mol. The number of sulfone groups is 1. The predicted octanol–water partition coefficient (Wildman–Crippen LogP) is 4.86. The van der Waals surface area contributed by atoms with Gasteiger partial charge in [0.1, 0.15) is 10.6 Å². The van der Waals surface area contributed by atoms with Crippen LogP contribution in [0.25, 0.3) is 0 Å². The van der Waals surface area contributed by atoms with Gasteiger partial charge >= 0.3 is 0 Å². The molecule has 2 aromatic carbocycles. The maximum absolute atomic E-state index is 15.3. The molecule has 0 unspecified atom stereocenters. The molecule has 172 valence electrons. The summed E-state index contributed by atoms with van der Waals surface area (Å²) in [5.41, 5.74) is -0.220.